The van der Waals surface area contributed by atoms with Crippen LogP contribution in [0.3, 0.4) is 0 Å². The van der Waals surface area contributed by atoms with Crippen molar-refractivity contribution in [3.8, 4) is 73.6 Å². The zero-order valence-electron chi connectivity index (χ0n) is 26.0. The highest BCUT2D eigenvalue weighted by Gasteiger charge is 2.14. The topological polar surface area (TPSA) is 62.5 Å². The van der Waals surface area contributed by atoms with Crippen molar-refractivity contribution in [2.75, 3.05) is 0 Å². The number of benzene rings is 7. The third-order valence-corrected chi connectivity index (χ3v) is 8.58. The van der Waals surface area contributed by atoms with Gasteiger partial charge < -0.3 is 0 Å². The Morgan fingerprint density at radius 1 is 0.354 bits per heavy atom. The van der Waals surface area contributed by atoms with Crippen LogP contribution in [-0.4, -0.2) is 15.0 Å². The Kier molecular flexibility index (Phi) is 7.54. The lowest BCUT2D eigenvalue weighted by Gasteiger charge is -2.14. The molecule has 7 aromatic carbocycles. The Bertz CT molecular complexity index is 2370. The Morgan fingerprint density at radius 2 is 0.771 bits per heavy atom. The van der Waals surface area contributed by atoms with E-state index in [9.17, 15) is 5.26 Å². The monoisotopic (exact) mass is 612 g/mol. The minimum Gasteiger partial charge on any atom is -0.208 e. The van der Waals surface area contributed by atoms with Gasteiger partial charge in [0.15, 0.2) is 17.5 Å². The molecule has 48 heavy (non-hydrogen) atoms. The van der Waals surface area contributed by atoms with Crippen LogP contribution in [0.5, 0.6) is 0 Å². The Morgan fingerprint density at radius 3 is 1.27 bits per heavy atom. The van der Waals surface area contributed by atoms with Crippen LogP contribution in [0.1, 0.15) is 5.56 Å². The first-order valence-corrected chi connectivity index (χ1v) is 15.8. The van der Waals surface area contributed by atoms with E-state index in [1.54, 1.807) is 0 Å². The van der Waals surface area contributed by atoms with Crippen LogP contribution < -0.4 is 0 Å². The minimum absolute atomic E-state index is 0.633. The molecule has 0 spiro atoms. The predicted molar refractivity (Wildman–Crippen MR) is 195 cm³/mol. The second-order valence-corrected chi connectivity index (χ2v) is 11.6. The van der Waals surface area contributed by atoms with Gasteiger partial charge in [0.25, 0.3) is 0 Å². The molecule has 0 saturated heterocycles. The normalized spacial score (nSPS) is 10.9. The fourth-order valence-corrected chi connectivity index (χ4v) is 6.17. The van der Waals surface area contributed by atoms with E-state index in [2.05, 4.69) is 91.0 Å². The summed E-state index contributed by atoms with van der Waals surface area (Å²) in [5, 5.41) is 11.7. The van der Waals surface area contributed by atoms with Gasteiger partial charge in [0.05, 0.1) is 11.6 Å². The van der Waals surface area contributed by atoms with Crippen molar-refractivity contribution in [2.45, 2.75) is 0 Å². The lowest BCUT2D eigenvalue weighted by atomic mass is 9.90. The molecule has 0 aliphatic heterocycles. The largest absolute Gasteiger partial charge is 0.208 e. The average Bonchev–Trinajstić information content (AvgIpc) is 3.18. The molecule has 1 aromatic heterocycles. The zero-order chi connectivity index (χ0) is 32.3. The first-order chi connectivity index (χ1) is 23.7. The van der Waals surface area contributed by atoms with E-state index in [1.165, 1.54) is 16.3 Å². The number of hydrogen-bond acceptors (Lipinski definition) is 4. The number of nitrogens with zero attached hydrogens (tertiary/aromatic N) is 4. The quantitative estimate of drug-likeness (QED) is 0.187. The Labute approximate surface area is 279 Å². The summed E-state index contributed by atoms with van der Waals surface area (Å²) in [6.45, 7) is 0. The molecule has 0 radical (unpaired) electrons. The first kappa shape index (κ1) is 28.8. The number of fused-ring (bicyclic) bond motifs is 1. The minimum atomic E-state index is 0.633. The highest BCUT2D eigenvalue weighted by Crippen LogP contribution is 2.38. The standard InChI is InChI=1S/C44H28N4/c45-29-30-10-7-17-38(28-30)31-20-22-32(23-21-31)39-18-8-15-34-16-9-19-40(41(34)39)33-24-26-37(27-25-33)44-47-42(35-11-3-1-4-12-35)46-43(48-44)36-13-5-2-6-14-36/h1-28H. The van der Waals surface area contributed by atoms with E-state index in [4.69, 9.17) is 15.0 Å². The van der Waals surface area contributed by atoms with Gasteiger partial charge in [-0.2, -0.15) is 5.26 Å². The summed E-state index contributed by atoms with van der Waals surface area (Å²) in [5.41, 5.74) is 10.2. The smallest absolute Gasteiger partial charge is 0.164 e. The molecule has 0 aliphatic carbocycles. The fourth-order valence-electron chi connectivity index (χ4n) is 6.17. The van der Waals surface area contributed by atoms with Crippen molar-refractivity contribution in [3.05, 3.63) is 175 Å². The highest BCUT2D eigenvalue weighted by molar-refractivity contribution is 6.06. The van der Waals surface area contributed by atoms with Crippen LogP contribution >= 0.6 is 0 Å². The van der Waals surface area contributed by atoms with Gasteiger partial charge in [-0.15, -0.1) is 0 Å². The number of rotatable bonds is 6. The second-order valence-electron chi connectivity index (χ2n) is 11.6. The van der Waals surface area contributed by atoms with Crippen LogP contribution in [-0.2, 0) is 0 Å². The Balaban J connectivity index is 1.18. The van der Waals surface area contributed by atoms with Crippen molar-refractivity contribution < 1.29 is 0 Å². The van der Waals surface area contributed by atoms with Crippen molar-refractivity contribution in [2.24, 2.45) is 0 Å². The lowest BCUT2D eigenvalue weighted by Crippen LogP contribution is -2.00. The van der Waals surface area contributed by atoms with Crippen molar-refractivity contribution in [1.82, 2.24) is 15.0 Å². The van der Waals surface area contributed by atoms with E-state index >= 15 is 0 Å². The molecule has 0 atom stereocenters. The average molecular weight is 613 g/mol. The number of nitriles is 1. The van der Waals surface area contributed by atoms with Crippen molar-refractivity contribution >= 4 is 10.8 Å². The van der Waals surface area contributed by atoms with E-state index in [-0.39, 0.29) is 0 Å². The van der Waals surface area contributed by atoms with Gasteiger partial charge in [-0.1, -0.05) is 158 Å². The zero-order valence-corrected chi connectivity index (χ0v) is 26.0. The molecule has 8 rings (SSSR count). The summed E-state index contributed by atoms with van der Waals surface area (Å²) >= 11 is 0. The maximum atomic E-state index is 9.34. The summed E-state index contributed by atoms with van der Waals surface area (Å²) < 4.78 is 0. The summed E-state index contributed by atoms with van der Waals surface area (Å²) in [6.07, 6.45) is 0. The molecule has 0 aliphatic rings. The van der Waals surface area contributed by atoms with Gasteiger partial charge in [-0.3, -0.25) is 0 Å². The number of aromatic nitrogens is 3. The molecular weight excluding hydrogens is 585 g/mol. The Hall–Kier alpha value is -6.70. The van der Waals surface area contributed by atoms with Gasteiger partial charge in [-0.05, 0) is 56.3 Å². The molecule has 224 valence electrons. The van der Waals surface area contributed by atoms with Gasteiger partial charge in [0.2, 0.25) is 0 Å². The van der Waals surface area contributed by atoms with Gasteiger partial charge in [0, 0.05) is 16.7 Å². The van der Waals surface area contributed by atoms with Crippen LogP contribution in [0, 0.1) is 11.3 Å². The summed E-state index contributed by atoms with van der Waals surface area (Å²) in [5.74, 6) is 1.92. The number of hydrogen-bond donors (Lipinski definition) is 0. The molecule has 1 heterocycles. The highest BCUT2D eigenvalue weighted by atomic mass is 15.0. The summed E-state index contributed by atoms with van der Waals surface area (Å²) in [7, 11) is 0. The van der Waals surface area contributed by atoms with Crippen LogP contribution in [0.15, 0.2) is 170 Å². The van der Waals surface area contributed by atoms with E-state index in [0.29, 0.717) is 23.0 Å². The SMILES string of the molecule is N#Cc1cccc(-c2ccc(-c3cccc4cccc(-c5ccc(-c6nc(-c7ccccc7)nc(-c7ccccc7)n6)cc5)c34)cc2)c1. The molecule has 8 aromatic rings. The van der Waals surface area contributed by atoms with Crippen molar-refractivity contribution in [1.29, 1.82) is 5.26 Å². The van der Waals surface area contributed by atoms with E-state index in [1.807, 2.05) is 84.9 Å². The van der Waals surface area contributed by atoms with Crippen LogP contribution in [0.25, 0.3) is 78.3 Å². The van der Waals surface area contributed by atoms with E-state index in [0.717, 1.165) is 44.5 Å². The first-order valence-electron chi connectivity index (χ1n) is 15.8. The lowest BCUT2D eigenvalue weighted by molar-refractivity contribution is 1.07. The molecule has 0 saturated carbocycles. The van der Waals surface area contributed by atoms with Gasteiger partial charge >= 0.3 is 0 Å². The predicted octanol–water partition coefficient (Wildman–Crippen LogP) is 10.9. The third-order valence-electron chi connectivity index (χ3n) is 8.58. The molecular formula is C44H28N4. The van der Waals surface area contributed by atoms with Gasteiger partial charge in [0.1, 0.15) is 0 Å². The maximum Gasteiger partial charge on any atom is 0.164 e. The third kappa shape index (κ3) is 5.62. The van der Waals surface area contributed by atoms with Crippen molar-refractivity contribution in [3.63, 3.8) is 0 Å². The summed E-state index contributed by atoms with van der Waals surface area (Å²) in [6, 6.07) is 60.1. The maximum absolute atomic E-state index is 9.34. The van der Waals surface area contributed by atoms with E-state index < -0.39 is 0 Å². The fraction of sp³-hybridized carbons (Fsp3) is 0. The molecule has 0 amide bonds. The second kappa shape index (κ2) is 12.6. The molecule has 4 nitrogen and oxygen atoms in total. The molecule has 0 fully saturated rings. The van der Waals surface area contributed by atoms with Gasteiger partial charge in [-0.25, -0.2) is 15.0 Å². The summed E-state index contributed by atoms with van der Waals surface area (Å²) in [4.78, 5) is 14.6. The molecule has 0 unspecified atom stereocenters. The van der Waals surface area contributed by atoms with Crippen LogP contribution in [0.2, 0.25) is 0 Å². The molecule has 0 N–H and O–H groups in total. The van der Waals surface area contributed by atoms with Crippen LogP contribution in [0.4, 0.5) is 0 Å². The molecule has 4 heteroatoms. The molecule has 0 bridgehead atoms.